The van der Waals surface area contributed by atoms with Gasteiger partial charge in [-0.25, -0.2) is 9.97 Å². The van der Waals surface area contributed by atoms with Crippen molar-refractivity contribution in [1.82, 2.24) is 15.0 Å². The van der Waals surface area contributed by atoms with Crippen LogP contribution in [0, 0.1) is 0 Å². The Kier molecular flexibility index (Phi) is 4.42. The van der Waals surface area contributed by atoms with Crippen molar-refractivity contribution in [2.45, 2.75) is 12.8 Å². The molecule has 2 aromatic heterocycles. The molecule has 0 aliphatic rings. The SMILES string of the molecule is COc1cccc(CCc2ncc(-c3ccc4[nH]cnc4c3)s2)c1Cl. The van der Waals surface area contributed by atoms with Crippen LogP contribution in [-0.4, -0.2) is 22.1 Å². The molecule has 25 heavy (non-hydrogen) atoms. The number of methoxy groups -OCH3 is 1. The maximum Gasteiger partial charge on any atom is 0.137 e. The Bertz CT molecular complexity index is 1020. The number of aromatic amines is 1. The molecule has 0 aliphatic heterocycles. The van der Waals surface area contributed by atoms with Crippen LogP contribution in [0.4, 0.5) is 0 Å². The summed E-state index contributed by atoms with van der Waals surface area (Å²) in [6.07, 6.45) is 5.33. The van der Waals surface area contributed by atoms with E-state index in [1.165, 1.54) is 0 Å². The summed E-state index contributed by atoms with van der Waals surface area (Å²) in [7, 11) is 1.63. The lowest BCUT2D eigenvalue weighted by Gasteiger charge is -2.07. The number of ether oxygens (including phenoxy) is 1. The van der Waals surface area contributed by atoms with Gasteiger partial charge in [-0.1, -0.05) is 29.8 Å². The van der Waals surface area contributed by atoms with Crippen LogP contribution < -0.4 is 4.74 Å². The normalized spacial score (nSPS) is 11.1. The van der Waals surface area contributed by atoms with E-state index in [9.17, 15) is 0 Å². The molecule has 2 aromatic carbocycles. The largest absolute Gasteiger partial charge is 0.495 e. The molecule has 0 saturated heterocycles. The second-order valence-electron chi connectivity index (χ2n) is 5.69. The minimum absolute atomic E-state index is 0.686. The first kappa shape index (κ1) is 16.1. The lowest BCUT2D eigenvalue weighted by Crippen LogP contribution is -1.93. The van der Waals surface area contributed by atoms with Crippen LogP contribution >= 0.6 is 22.9 Å². The monoisotopic (exact) mass is 369 g/mol. The number of nitrogens with zero attached hydrogens (tertiary/aromatic N) is 2. The topological polar surface area (TPSA) is 50.8 Å². The molecule has 4 nitrogen and oxygen atoms in total. The van der Waals surface area contributed by atoms with Gasteiger partial charge in [0.1, 0.15) is 5.75 Å². The first-order valence-electron chi connectivity index (χ1n) is 7.94. The fourth-order valence-corrected chi connectivity index (χ4v) is 4.00. The Labute approximate surface area is 154 Å². The zero-order chi connectivity index (χ0) is 17.2. The summed E-state index contributed by atoms with van der Waals surface area (Å²) in [6.45, 7) is 0. The third-order valence-corrected chi connectivity index (χ3v) is 5.67. The van der Waals surface area contributed by atoms with Gasteiger partial charge < -0.3 is 9.72 Å². The predicted octanol–water partition coefficient (Wildman–Crippen LogP) is 5.13. The summed E-state index contributed by atoms with van der Waals surface area (Å²) in [4.78, 5) is 13.1. The third kappa shape index (κ3) is 3.25. The molecule has 4 aromatic rings. The van der Waals surface area contributed by atoms with Gasteiger partial charge in [-0.2, -0.15) is 0 Å². The summed E-state index contributed by atoms with van der Waals surface area (Å²) in [5.74, 6) is 0.714. The standard InChI is InChI=1S/C19H16ClN3OS/c1-24-16-4-2-3-12(19(16)20)6-8-18-21-10-17(25-18)13-5-7-14-15(9-13)23-11-22-14/h2-5,7,9-11H,6,8H2,1H3,(H,22,23). The van der Waals surface area contributed by atoms with Crippen LogP contribution in [0.5, 0.6) is 5.75 Å². The van der Waals surface area contributed by atoms with Crippen molar-refractivity contribution in [1.29, 1.82) is 0 Å². The van der Waals surface area contributed by atoms with E-state index >= 15 is 0 Å². The van der Waals surface area contributed by atoms with E-state index < -0.39 is 0 Å². The third-order valence-electron chi connectivity index (χ3n) is 4.13. The first-order valence-corrected chi connectivity index (χ1v) is 9.13. The van der Waals surface area contributed by atoms with Gasteiger partial charge in [-0.05, 0) is 35.7 Å². The van der Waals surface area contributed by atoms with Crippen LogP contribution in [-0.2, 0) is 12.8 Å². The maximum atomic E-state index is 6.37. The highest BCUT2D eigenvalue weighted by molar-refractivity contribution is 7.15. The number of hydrogen-bond donors (Lipinski definition) is 1. The molecule has 0 bridgehead atoms. The molecule has 0 atom stereocenters. The summed E-state index contributed by atoms with van der Waals surface area (Å²) >= 11 is 8.08. The summed E-state index contributed by atoms with van der Waals surface area (Å²) in [5.41, 5.74) is 4.23. The molecule has 0 unspecified atom stereocenters. The van der Waals surface area contributed by atoms with E-state index in [1.807, 2.05) is 30.5 Å². The van der Waals surface area contributed by atoms with Gasteiger partial charge in [0, 0.05) is 12.6 Å². The van der Waals surface area contributed by atoms with E-state index in [0.29, 0.717) is 10.8 Å². The van der Waals surface area contributed by atoms with Gasteiger partial charge in [0.15, 0.2) is 0 Å². The summed E-state index contributed by atoms with van der Waals surface area (Å²) in [5, 5.41) is 1.78. The number of thiazole rings is 1. The summed E-state index contributed by atoms with van der Waals surface area (Å²) < 4.78 is 5.27. The Morgan fingerprint density at radius 1 is 1.16 bits per heavy atom. The lowest BCUT2D eigenvalue weighted by molar-refractivity contribution is 0.414. The summed E-state index contributed by atoms with van der Waals surface area (Å²) in [6, 6.07) is 12.1. The number of fused-ring (bicyclic) bond motifs is 1. The molecule has 6 heteroatoms. The molecule has 4 rings (SSSR count). The van der Waals surface area contributed by atoms with Gasteiger partial charge in [-0.15, -0.1) is 11.3 Å². The molecule has 126 valence electrons. The van der Waals surface area contributed by atoms with Gasteiger partial charge in [0.2, 0.25) is 0 Å². The zero-order valence-corrected chi connectivity index (χ0v) is 15.2. The maximum absolute atomic E-state index is 6.37. The zero-order valence-electron chi connectivity index (χ0n) is 13.6. The number of H-pyrrole nitrogens is 1. The van der Waals surface area contributed by atoms with Crippen molar-refractivity contribution in [3.63, 3.8) is 0 Å². The van der Waals surface area contributed by atoms with Crippen LogP contribution in [0.25, 0.3) is 21.5 Å². The predicted molar refractivity (Wildman–Crippen MR) is 103 cm³/mol. The van der Waals surface area contributed by atoms with Crippen LogP contribution in [0.3, 0.4) is 0 Å². The van der Waals surface area contributed by atoms with Gasteiger partial charge >= 0.3 is 0 Å². The highest BCUT2D eigenvalue weighted by atomic mass is 35.5. The number of benzene rings is 2. The van der Waals surface area contributed by atoms with E-state index in [2.05, 4.69) is 27.1 Å². The van der Waals surface area contributed by atoms with E-state index in [0.717, 1.165) is 44.9 Å². The number of rotatable bonds is 5. The molecule has 0 spiro atoms. The molecular formula is C19H16ClN3OS. The smallest absolute Gasteiger partial charge is 0.137 e. The van der Waals surface area contributed by atoms with Crippen molar-refractivity contribution in [3.05, 3.63) is 64.5 Å². The number of halogens is 1. The van der Waals surface area contributed by atoms with Crippen LogP contribution in [0.15, 0.2) is 48.9 Å². The molecule has 0 fully saturated rings. The number of aromatic nitrogens is 3. The molecule has 1 N–H and O–H groups in total. The number of imidazole rings is 1. The minimum Gasteiger partial charge on any atom is -0.495 e. The van der Waals surface area contributed by atoms with Crippen molar-refractivity contribution >= 4 is 34.0 Å². The highest BCUT2D eigenvalue weighted by Crippen LogP contribution is 2.31. The average Bonchev–Trinajstić information content (AvgIpc) is 3.29. The van der Waals surface area contributed by atoms with Crippen LogP contribution in [0.2, 0.25) is 5.02 Å². The van der Waals surface area contributed by atoms with E-state index in [1.54, 1.807) is 24.8 Å². The second-order valence-corrected chi connectivity index (χ2v) is 7.18. The van der Waals surface area contributed by atoms with Crippen molar-refractivity contribution in [2.24, 2.45) is 0 Å². The second kappa shape index (κ2) is 6.86. The van der Waals surface area contributed by atoms with Crippen LogP contribution in [0.1, 0.15) is 10.6 Å². The number of aryl methyl sites for hydroxylation is 2. The molecular weight excluding hydrogens is 354 g/mol. The van der Waals surface area contributed by atoms with Crippen molar-refractivity contribution < 1.29 is 4.74 Å². The quantitative estimate of drug-likeness (QED) is 0.530. The Morgan fingerprint density at radius 2 is 2.08 bits per heavy atom. The number of nitrogens with one attached hydrogen (secondary N) is 1. The number of hydrogen-bond acceptors (Lipinski definition) is 4. The van der Waals surface area contributed by atoms with Crippen molar-refractivity contribution in [2.75, 3.05) is 7.11 Å². The van der Waals surface area contributed by atoms with E-state index in [-0.39, 0.29) is 0 Å². The Balaban J connectivity index is 1.51. The minimum atomic E-state index is 0.686. The molecule has 0 aliphatic carbocycles. The Hall–Kier alpha value is -2.37. The first-order chi connectivity index (χ1) is 12.2. The fourth-order valence-electron chi connectivity index (χ4n) is 2.79. The fraction of sp³-hybridized carbons (Fsp3) is 0.158. The van der Waals surface area contributed by atoms with Gasteiger partial charge in [-0.3, -0.25) is 0 Å². The lowest BCUT2D eigenvalue weighted by atomic mass is 10.1. The highest BCUT2D eigenvalue weighted by Gasteiger charge is 2.10. The van der Waals surface area contributed by atoms with Crippen molar-refractivity contribution in [3.8, 4) is 16.2 Å². The average molecular weight is 370 g/mol. The molecule has 0 radical (unpaired) electrons. The molecule has 0 saturated carbocycles. The Morgan fingerprint density at radius 3 is 2.96 bits per heavy atom. The van der Waals surface area contributed by atoms with Gasteiger partial charge in [0.05, 0.1) is 39.4 Å². The van der Waals surface area contributed by atoms with E-state index in [4.69, 9.17) is 16.3 Å². The molecule has 0 amide bonds. The van der Waals surface area contributed by atoms with Gasteiger partial charge in [0.25, 0.3) is 0 Å². The molecule has 2 heterocycles.